The second-order valence-electron chi connectivity index (χ2n) is 9.88. The zero-order chi connectivity index (χ0) is 21.8. The van der Waals surface area contributed by atoms with Crippen molar-refractivity contribution in [2.45, 2.75) is 45.4 Å². The van der Waals surface area contributed by atoms with E-state index in [0.717, 1.165) is 0 Å². The van der Waals surface area contributed by atoms with Crippen LogP contribution in [0, 0.1) is 6.92 Å². The second kappa shape index (κ2) is 6.95. The monoisotopic (exact) mass is 402 g/mol. The van der Waals surface area contributed by atoms with Gasteiger partial charge in [0, 0.05) is 0 Å². The SMILES string of the molecule is Cc1cccc2c1C(C)(C)C(C)(C)c1ccccc1-c1ccccc1-c1ccccc1-2. The Morgan fingerprint density at radius 1 is 0.419 bits per heavy atom. The third-order valence-corrected chi connectivity index (χ3v) is 7.79. The molecule has 0 saturated heterocycles. The Balaban J connectivity index is 2.03. The van der Waals surface area contributed by atoms with Gasteiger partial charge < -0.3 is 0 Å². The topological polar surface area (TPSA) is 0 Å². The Labute approximate surface area is 186 Å². The summed E-state index contributed by atoms with van der Waals surface area (Å²) in [7, 11) is 0. The number of benzene rings is 4. The largest absolute Gasteiger partial charge is 0.0619 e. The normalized spacial score (nSPS) is 15.8. The molecular formula is C31H30. The first kappa shape index (κ1) is 19.8. The van der Waals surface area contributed by atoms with Gasteiger partial charge in [0.15, 0.2) is 0 Å². The molecule has 154 valence electrons. The Hall–Kier alpha value is -3.12. The molecule has 4 aromatic rings. The molecule has 0 N–H and O–H groups in total. The molecule has 0 unspecified atom stereocenters. The second-order valence-corrected chi connectivity index (χ2v) is 9.88. The third kappa shape index (κ3) is 2.82. The van der Waals surface area contributed by atoms with Crippen molar-refractivity contribution in [2.24, 2.45) is 0 Å². The van der Waals surface area contributed by atoms with E-state index in [0.29, 0.717) is 0 Å². The van der Waals surface area contributed by atoms with E-state index in [1.165, 1.54) is 50.1 Å². The van der Waals surface area contributed by atoms with Crippen molar-refractivity contribution >= 4 is 0 Å². The summed E-state index contributed by atoms with van der Waals surface area (Å²) in [5.74, 6) is 0. The molecular weight excluding hydrogens is 372 g/mol. The Morgan fingerprint density at radius 3 is 1.42 bits per heavy atom. The first-order valence-electron chi connectivity index (χ1n) is 11.2. The number of hydrogen-bond acceptors (Lipinski definition) is 0. The summed E-state index contributed by atoms with van der Waals surface area (Å²) < 4.78 is 0. The van der Waals surface area contributed by atoms with Crippen LogP contribution in [0.1, 0.15) is 44.4 Å². The minimum atomic E-state index is -0.0802. The lowest BCUT2D eigenvalue weighted by atomic mass is 9.57. The van der Waals surface area contributed by atoms with Gasteiger partial charge in [0.25, 0.3) is 0 Å². The maximum atomic E-state index is 2.42. The predicted octanol–water partition coefficient (Wildman–Crippen LogP) is 8.56. The lowest BCUT2D eigenvalue weighted by Crippen LogP contribution is -2.41. The highest BCUT2D eigenvalue weighted by Crippen LogP contribution is 2.53. The van der Waals surface area contributed by atoms with Crippen molar-refractivity contribution in [1.29, 1.82) is 0 Å². The summed E-state index contributed by atoms with van der Waals surface area (Å²) in [6.07, 6.45) is 0. The fourth-order valence-corrected chi connectivity index (χ4v) is 5.54. The standard InChI is InChI=1S/C31H30/c1-21-13-12-19-27-25-17-9-7-15-23(25)22-14-6-8-16-24(22)26-18-10-11-20-28(26)30(2,3)31(4,5)29(21)27/h6-20H,1-5H3. The summed E-state index contributed by atoms with van der Waals surface area (Å²) >= 11 is 0. The minimum absolute atomic E-state index is 0.0795. The molecule has 31 heavy (non-hydrogen) atoms. The van der Waals surface area contributed by atoms with Gasteiger partial charge in [0.05, 0.1) is 0 Å². The van der Waals surface area contributed by atoms with Crippen LogP contribution >= 0.6 is 0 Å². The molecule has 5 rings (SSSR count). The molecule has 0 heterocycles. The van der Waals surface area contributed by atoms with Gasteiger partial charge in [0.1, 0.15) is 0 Å². The minimum Gasteiger partial charge on any atom is -0.0619 e. The molecule has 0 heteroatoms. The van der Waals surface area contributed by atoms with Crippen LogP contribution < -0.4 is 0 Å². The number of fused-ring (bicyclic) bond motifs is 7. The Kier molecular flexibility index (Phi) is 4.45. The van der Waals surface area contributed by atoms with Gasteiger partial charge in [0.2, 0.25) is 0 Å². The van der Waals surface area contributed by atoms with E-state index in [9.17, 15) is 0 Å². The van der Waals surface area contributed by atoms with E-state index in [-0.39, 0.29) is 10.8 Å². The lowest BCUT2D eigenvalue weighted by Gasteiger charge is -2.46. The molecule has 1 aliphatic rings. The first-order valence-corrected chi connectivity index (χ1v) is 11.2. The Bertz CT molecular complexity index is 1290. The van der Waals surface area contributed by atoms with Gasteiger partial charge in [-0.3, -0.25) is 0 Å². The van der Waals surface area contributed by atoms with Gasteiger partial charge >= 0.3 is 0 Å². The van der Waals surface area contributed by atoms with E-state index >= 15 is 0 Å². The van der Waals surface area contributed by atoms with Gasteiger partial charge in [-0.15, -0.1) is 0 Å². The lowest BCUT2D eigenvalue weighted by molar-refractivity contribution is 0.303. The zero-order valence-corrected chi connectivity index (χ0v) is 19.2. The molecule has 0 fully saturated rings. The molecule has 0 spiro atoms. The number of hydrogen-bond donors (Lipinski definition) is 0. The van der Waals surface area contributed by atoms with Crippen molar-refractivity contribution in [3.05, 3.63) is 108 Å². The average molecular weight is 403 g/mol. The van der Waals surface area contributed by atoms with E-state index in [1.54, 1.807) is 0 Å². The number of aryl methyl sites for hydroxylation is 1. The third-order valence-electron chi connectivity index (χ3n) is 7.79. The van der Waals surface area contributed by atoms with E-state index < -0.39 is 0 Å². The van der Waals surface area contributed by atoms with Crippen LogP contribution in [0.5, 0.6) is 0 Å². The fraction of sp³-hybridized carbons (Fsp3) is 0.226. The molecule has 0 saturated carbocycles. The highest BCUT2D eigenvalue weighted by atomic mass is 14.5. The molecule has 0 radical (unpaired) electrons. The maximum Gasteiger partial charge on any atom is -0.000306 e. The molecule has 0 bridgehead atoms. The van der Waals surface area contributed by atoms with E-state index in [1.807, 2.05) is 0 Å². The summed E-state index contributed by atoms with van der Waals surface area (Å²) in [6, 6.07) is 33.6. The maximum absolute atomic E-state index is 2.42. The summed E-state index contributed by atoms with van der Waals surface area (Å²) in [6.45, 7) is 11.9. The predicted molar refractivity (Wildman–Crippen MR) is 134 cm³/mol. The van der Waals surface area contributed by atoms with E-state index in [4.69, 9.17) is 0 Å². The summed E-state index contributed by atoms with van der Waals surface area (Å²) in [5.41, 5.74) is 12.0. The van der Waals surface area contributed by atoms with Crippen molar-refractivity contribution in [2.75, 3.05) is 0 Å². The summed E-state index contributed by atoms with van der Waals surface area (Å²) in [5, 5.41) is 0. The molecule has 0 atom stereocenters. The van der Waals surface area contributed by atoms with Crippen LogP contribution in [0.2, 0.25) is 0 Å². The van der Waals surface area contributed by atoms with Crippen molar-refractivity contribution in [3.8, 4) is 33.4 Å². The van der Waals surface area contributed by atoms with Crippen LogP contribution in [-0.2, 0) is 10.8 Å². The van der Waals surface area contributed by atoms with Gasteiger partial charge in [-0.05, 0) is 67.8 Å². The van der Waals surface area contributed by atoms with Crippen LogP contribution in [0.25, 0.3) is 33.4 Å². The van der Waals surface area contributed by atoms with Crippen LogP contribution in [0.4, 0.5) is 0 Å². The molecule has 0 nitrogen and oxygen atoms in total. The quantitative estimate of drug-likeness (QED) is 0.276. The van der Waals surface area contributed by atoms with Crippen LogP contribution in [0.15, 0.2) is 91.0 Å². The van der Waals surface area contributed by atoms with Gasteiger partial charge in [-0.25, -0.2) is 0 Å². The van der Waals surface area contributed by atoms with Crippen molar-refractivity contribution in [3.63, 3.8) is 0 Å². The molecule has 0 aromatic heterocycles. The zero-order valence-electron chi connectivity index (χ0n) is 19.2. The van der Waals surface area contributed by atoms with E-state index in [2.05, 4.69) is 126 Å². The Morgan fingerprint density at radius 2 is 0.839 bits per heavy atom. The highest BCUT2D eigenvalue weighted by molar-refractivity contribution is 5.94. The van der Waals surface area contributed by atoms with Crippen molar-refractivity contribution in [1.82, 2.24) is 0 Å². The smallest absolute Gasteiger partial charge is 0.000306 e. The molecule has 0 amide bonds. The number of rotatable bonds is 0. The van der Waals surface area contributed by atoms with Crippen LogP contribution in [0.3, 0.4) is 0 Å². The van der Waals surface area contributed by atoms with Crippen LogP contribution in [-0.4, -0.2) is 0 Å². The van der Waals surface area contributed by atoms with Gasteiger partial charge in [-0.2, -0.15) is 0 Å². The van der Waals surface area contributed by atoms with Crippen molar-refractivity contribution < 1.29 is 0 Å². The fourth-order valence-electron chi connectivity index (χ4n) is 5.54. The average Bonchev–Trinajstić information content (AvgIpc) is 2.78. The molecule has 1 aliphatic carbocycles. The van der Waals surface area contributed by atoms with Gasteiger partial charge in [-0.1, -0.05) is 119 Å². The highest BCUT2D eigenvalue weighted by Gasteiger charge is 2.43. The first-order chi connectivity index (χ1) is 14.8. The molecule has 0 aliphatic heterocycles. The molecule has 4 aromatic carbocycles. The summed E-state index contributed by atoms with van der Waals surface area (Å²) in [4.78, 5) is 0.